The summed E-state index contributed by atoms with van der Waals surface area (Å²) in [5.74, 6) is -7.44. The maximum atomic E-state index is 14.7. The molecule has 1 N–H and O–H groups in total. The van der Waals surface area contributed by atoms with Crippen LogP contribution in [0.5, 0.6) is 5.75 Å². The predicted octanol–water partition coefficient (Wildman–Crippen LogP) is 6.21. The van der Waals surface area contributed by atoms with Crippen molar-refractivity contribution in [1.82, 2.24) is 4.90 Å². The molecule has 48 heavy (non-hydrogen) atoms. The standard InChI is InChI=1S/C35H30Cl2FN5O5/c1-41(2)21-9-5-19(6-10-21)39-40-20-7-11-22(12-8-20)43-30(45)24-14-13-23-25(28(24)31(43)46)17-34(36)32(47)42(3)33(48)35(34,37)29(23)18-4-15-27(44)26(38)16-18/h4-13,15-16,24-25,28-29,44H,14,17H2,1-3H3/t24-,25+,28-,29-,34+,35-/m0/s1. The van der Waals surface area contributed by atoms with Crippen LogP contribution in [-0.4, -0.2) is 64.5 Å². The number of benzene rings is 3. The molecule has 6 atom stereocenters. The molecule has 2 aliphatic carbocycles. The molecule has 3 fully saturated rings. The van der Waals surface area contributed by atoms with Crippen molar-refractivity contribution in [2.24, 2.45) is 28.0 Å². The van der Waals surface area contributed by atoms with E-state index < -0.39 is 68.6 Å². The van der Waals surface area contributed by atoms with Crippen LogP contribution < -0.4 is 9.80 Å². The number of phenolic OH excluding ortho intramolecular Hbond substituents is 1. The van der Waals surface area contributed by atoms with Crippen molar-refractivity contribution in [3.05, 3.63) is 89.8 Å². The SMILES string of the molecule is CN1C(=O)[C@]2(Cl)C[C@@H]3C(=CC[C@@H]4C(=O)N(c5ccc(N=Nc6ccc(N(C)C)cc6)cc5)C(=O)[C@@H]43)[C@H](c3ccc(O)c(F)c3)[C@]2(Cl)C1=O. The summed E-state index contributed by atoms with van der Waals surface area (Å²) in [5, 5.41) is 18.4. The van der Waals surface area contributed by atoms with E-state index >= 15 is 0 Å². The van der Waals surface area contributed by atoms with Crippen LogP contribution in [0, 0.1) is 23.6 Å². The van der Waals surface area contributed by atoms with Crippen molar-refractivity contribution in [1.29, 1.82) is 0 Å². The fourth-order valence-electron chi connectivity index (χ4n) is 7.68. The number of aromatic hydroxyl groups is 1. The van der Waals surface area contributed by atoms with Crippen LogP contribution in [0.3, 0.4) is 0 Å². The molecule has 0 radical (unpaired) electrons. The molecule has 246 valence electrons. The molecule has 3 aromatic rings. The molecule has 0 unspecified atom stereocenters. The lowest BCUT2D eigenvalue weighted by molar-refractivity contribution is -0.138. The average molecular weight is 691 g/mol. The van der Waals surface area contributed by atoms with E-state index in [0.29, 0.717) is 22.6 Å². The van der Waals surface area contributed by atoms with Gasteiger partial charge in [-0.05, 0) is 85.0 Å². The number of anilines is 2. The first kappa shape index (κ1) is 32.0. The van der Waals surface area contributed by atoms with E-state index in [1.807, 2.05) is 43.3 Å². The molecule has 7 rings (SSSR count). The summed E-state index contributed by atoms with van der Waals surface area (Å²) in [5.41, 5.74) is 3.29. The lowest BCUT2D eigenvalue weighted by Crippen LogP contribution is -2.60. The second-order valence-electron chi connectivity index (χ2n) is 12.8. The Morgan fingerprint density at radius 3 is 2.10 bits per heavy atom. The highest BCUT2D eigenvalue weighted by Gasteiger charge is 2.75. The van der Waals surface area contributed by atoms with Crippen LogP contribution in [0.25, 0.3) is 0 Å². The van der Waals surface area contributed by atoms with Crippen LogP contribution in [0.1, 0.15) is 24.3 Å². The molecule has 2 saturated heterocycles. The topological polar surface area (TPSA) is 123 Å². The Labute approximate surface area is 285 Å². The number of fused-ring (bicyclic) bond motifs is 4. The van der Waals surface area contributed by atoms with Gasteiger partial charge >= 0.3 is 0 Å². The van der Waals surface area contributed by atoms with E-state index in [9.17, 15) is 28.7 Å². The fraction of sp³-hybridized carbons (Fsp3) is 0.314. The molecule has 2 aliphatic heterocycles. The van der Waals surface area contributed by atoms with Crippen LogP contribution >= 0.6 is 23.2 Å². The number of hydrogen-bond donors (Lipinski definition) is 1. The summed E-state index contributed by atoms with van der Waals surface area (Å²) in [4.78, 5) is 55.2. The Bertz CT molecular complexity index is 1950. The molecule has 4 amide bonds. The van der Waals surface area contributed by atoms with Crippen molar-refractivity contribution in [2.45, 2.75) is 28.5 Å². The molecular formula is C35H30Cl2FN5O5. The van der Waals surface area contributed by atoms with Gasteiger partial charge in [0, 0.05) is 32.7 Å². The van der Waals surface area contributed by atoms with Gasteiger partial charge in [-0.3, -0.25) is 29.0 Å². The average Bonchev–Trinajstić information content (AvgIpc) is 3.40. The number of azo groups is 1. The van der Waals surface area contributed by atoms with Crippen molar-refractivity contribution in [2.75, 3.05) is 30.9 Å². The van der Waals surface area contributed by atoms with Crippen molar-refractivity contribution < 1.29 is 28.7 Å². The smallest absolute Gasteiger partial charge is 0.253 e. The molecule has 10 nitrogen and oxygen atoms in total. The van der Waals surface area contributed by atoms with Crippen molar-refractivity contribution >= 4 is 69.6 Å². The van der Waals surface area contributed by atoms with Crippen molar-refractivity contribution in [3.8, 4) is 5.75 Å². The van der Waals surface area contributed by atoms with E-state index in [4.69, 9.17) is 23.2 Å². The van der Waals surface area contributed by atoms with E-state index in [1.165, 1.54) is 13.1 Å². The molecule has 1 saturated carbocycles. The summed E-state index contributed by atoms with van der Waals surface area (Å²) in [6.07, 6.45) is 1.74. The van der Waals surface area contributed by atoms with E-state index in [-0.39, 0.29) is 18.4 Å². The Balaban J connectivity index is 1.21. The normalized spacial score (nSPS) is 29.7. The number of rotatable bonds is 5. The Hall–Kier alpha value is -4.61. The quantitative estimate of drug-likeness (QED) is 0.147. The van der Waals surface area contributed by atoms with Gasteiger partial charge in [0.1, 0.15) is 0 Å². The molecule has 4 aliphatic rings. The van der Waals surface area contributed by atoms with Gasteiger partial charge in [0.2, 0.25) is 11.8 Å². The number of halogens is 3. The molecule has 3 aromatic carbocycles. The first-order chi connectivity index (χ1) is 22.8. The molecule has 0 spiro atoms. The zero-order chi connectivity index (χ0) is 34.3. The number of amides is 4. The van der Waals surface area contributed by atoms with Gasteiger partial charge in [-0.25, -0.2) is 4.39 Å². The minimum absolute atomic E-state index is 0.160. The van der Waals surface area contributed by atoms with Gasteiger partial charge in [-0.15, -0.1) is 23.2 Å². The Morgan fingerprint density at radius 2 is 1.50 bits per heavy atom. The van der Waals surface area contributed by atoms with E-state index in [1.54, 1.807) is 30.3 Å². The number of allylic oxidation sites excluding steroid dienone is 2. The molecule has 2 heterocycles. The number of carbonyl (C=O) groups excluding carboxylic acids is 4. The number of phenols is 1. The number of nitrogens with zero attached hydrogens (tertiary/aromatic N) is 5. The summed E-state index contributed by atoms with van der Waals surface area (Å²) in [7, 11) is 5.17. The summed E-state index contributed by atoms with van der Waals surface area (Å²) < 4.78 is 14.7. The second kappa shape index (κ2) is 11.2. The molecule has 13 heteroatoms. The molecule has 0 aromatic heterocycles. The molecule has 0 bridgehead atoms. The maximum absolute atomic E-state index is 14.7. The van der Waals surface area contributed by atoms with E-state index in [0.717, 1.165) is 27.6 Å². The fourth-order valence-corrected chi connectivity index (χ4v) is 8.70. The largest absolute Gasteiger partial charge is 0.505 e. The van der Waals surface area contributed by atoms with Gasteiger partial charge in [-0.2, -0.15) is 10.2 Å². The van der Waals surface area contributed by atoms with Gasteiger partial charge < -0.3 is 10.0 Å². The lowest BCUT2D eigenvalue weighted by Gasteiger charge is -2.50. The minimum Gasteiger partial charge on any atom is -0.505 e. The van der Waals surface area contributed by atoms with Crippen molar-refractivity contribution in [3.63, 3.8) is 0 Å². The number of carbonyl (C=O) groups is 4. The second-order valence-corrected chi connectivity index (χ2v) is 14.1. The number of hydrogen-bond acceptors (Lipinski definition) is 8. The zero-order valence-corrected chi connectivity index (χ0v) is 27.6. The summed E-state index contributed by atoms with van der Waals surface area (Å²) in [6.45, 7) is 0. The number of likely N-dealkylation sites (tertiary alicyclic amines) is 1. The first-order valence-electron chi connectivity index (χ1n) is 15.3. The van der Waals surface area contributed by atoms with Crippen LogP contribution in [0.2, 0.25) is 0 Å². The number of imide groups is 2. The van der Waals surface area contributed by atoms with Gasteiger partial charge in [0.25, 0.3) is 11.8 Å². The monoisotopic (exact) mass is 689 g/mol. The van der Waals surface area contributed by atoms with Crippen LogP contribution in [0.4, 0.5) is 27.1 Å². The highest BCUT2D eigenvalue weighted by atomic mass is 35.5. The predicted molar refractivity (Wildman–Crippen MR) is 177 cm³/mol. The summed E-state index contributed by atoms with van der Waals surface area (Å²) >= 11 is 14.2. The van der Waals surface area contributed by atoms with Gasteiger partial charge in [0.05, 0.1) is 28.9 Å². The van der Waals surface area contributed by atoms with Gasteiger partial charge in [0.15, 0.2) is 21.3 Å². The zero-order valence-electron chi connectivity index (χ0n) is 26.1. The summed E-state index contributed by atoms with van der Waals surface area (Å²) in [6, 6.07) is 17.7. The maximum Gasteiger partial charge on any atom is 0.253 e. The highest BCUT2D eigenvalue weighted by Crippen LogP contribution is 2.65. The third-order valence-electron chi connectivity index (χ3n) is 10.1. The third-order valence-corrected chi connectivity index (χ3v) is 11.5. The van der Waals surface area contributed by atoms with Gasteiger partial charge in [-0.1, -0.05) is 17.7 Å². The first-order valence-corrected chi connectivity index (χ1v) is 16.1. The van der Waals surface area contributed by atoms with Crippen LogP contribution in [0.15, 0.2) is 88.6 Å². The van der Waals surface area contributed by atoms with E-state index in [2.05, 4.69) is 10.2 Å². The Morgan fingerprint density at radius 1 is 0.875 bits per heavy atom. The minimum atomic E-state index is -2.04. The Kier molecular flexibility index (Phi) is 7.48. The lowest BCUT2D eigenvalue weighted by atomic mass is 9.56. The van der Waals surface area contributed by atoms with Crippen LogP contribution in [-0.2, 0) is 19.2 Å². The third kappa shape index (κ3) is 4.51. The molecular weight excluding hydrogens is 660 g/mol. The number of alkyl halides is 2. The highest BCUT2D eigenvalue weighted by molar-refractivity contribution is 6.53.